The highest BCUT2D eigenvalue weighted by molar-refractivity contribution is 6.23. The van der Waals surface area contributed by atoms with Crippen LogP contribution in [0.1, 0.15) is 0 Å². The molecule has 0 radical (unpaired) electrons. The Balaban J connectivity index is 1.95. The van der Waals surface area contributed by atoms with Crippen molar-refractivity contribution in [1.82, 2.24) is 0 Å². The fourth-order valence-corrected chi connectivity index (χ4v) is 4.64. The minimum absolute atomic E-state index is 0.242. The van der Waals surface area contributed by atoms with Crippen molar-refractivity contribution in [3.63, 3.8) is 0 Å². The summed E-state index contributed by atoms with van der Waals surface area (Å²) in [6.07, 6.45) is 0. The first-order valence-electron chi connectivity index (χ1n) is 9.98. The summed E-state index contributed by atoms with van der Waals surface area (Å²) >= 11 is 0. The molecule has 0 spiro atoms. The highest BCUT2D eigenvalue weighted by Crippen LogP contribution is 2.44. The quantitative estimate of drug-likeness (QED) is 0.289. The van der Waals surface area contributed by atoms with Gasteiger partial charge in [0.25, 0.3) is 0 Å². The molecular weight excluding hydrogens is 368 g/mol. The van der Waals surface area contributed by atoms with Crippen molar-refractivity contribution in [2.24, 2.45) is 0 Å². The molecule has 2 heteroatoms. The zero-order valence-corrected chi connectivity index (χ0v) is 16.1. The number of aromatic hydroxyl groups is 2. The van der Waals surface area contributed by atoms with Gasteiger partial charge in [-0.15, -0.1) is 0 Å². The van der Waals surface area contributed by atoms with Gasteiger partial charge in [-0.25, -0.2) is 0 Å². The van der Waals surface area contributed by atoms with Crippen molar-refractivity contribution in [2.75, 3.05) is 0 Å². The molecule has 0 heterocycles. The molecule has 0 aliphatic carbocycles. The summed E-state index contributed by atoms with van der Waals surface area (Å²) in [7, 11) is 0. The minimum atomic E-state index is 0.242. The van der Waals surface area contributed by atoms with Crippen molar-refractivity contribution in [3.05, 3.63) is 97.1 Å². The summed E-state index contributed by atoms with van der Waals surface area (Å²) in [5.41, 5.74) is 2.15. The largest absolute Gasteiger partial charge is 0.508 e. The Morgan fingerprint density at radius 2 is 0.767 bits per heavy atom. The molecule has 30 heavy (non-hydrogen) atoms. The van der Waals surface area contributed by atoms with Gasteiger partial charge < -0.3 is 10.2 Å². The highest BCUT2D eigenvalue weighted by atomic mass is 16.3. The van der Waals surface area contributed by atoms with E-state index in [0.29, 0.717) is 0 Å². The van der Waals surface area contributed by atoms with Crippen LogP contribution in [0.3, 0.4) is 0 Å². The first-order chi connectivity index (χ1) is 14.7. The van der Waals surface area contributed by atoms with Gasteiger partial charge in [0.15, 0.2) is 0 Å². The lowest BCUT2D eigenvalue weighted by Gasteiger charge is -2.17. The molecule has 0 aliphatic rings. The molecule has 0 saturated heterocycles. The summed E-state index contributed by atoms with van der Waals surface area (Å²) in [5.74, 6) is 0.484. The van der Waals surface area contributed by atoms with E-state index in [0.717, 1.165) is 54.2 Å². The summed E-state index contributed by atoms with van der Waals surface area (Å²) in [5, 5.41) is 29.3. The van der Waals surface area contributed by atoms with Gasteiger partial charge in [-0.05, 0) is 90.6 Å². The molecule has 0 aromatic heterocycles. The number of hydrogen-bond acceptors (Lipinski definition) is 2. The molecule has 0 saturated carbocycles. The lowest BCUT2D eigenvalue weighted by Crippen LogP contribution is -1.90. The van der Waals surface area contributed by atoms with Crippen LogP contribution in [0.5, 0.6) is 11.5 Å². The first kappa shape index (κ1) is 16.9. The maximum Gasteiger partial charge on any atom is 0.116 e. The molecule has 6 aromatic rings. The predicted octanol–water partition coefficient (Wildman–Crippen LogP) is 7.38. The van der Waals surface area contributed by atoms with Gasteiger partial charge in [-0.1, -0.05) is 60.7 Å². The Hall–Kier alpha value is -4.04. The van der Waals surface area contributed by atoms with E-state index in [9.17, 15) is 10.2 Å². The van der Waals surface area contributed by atoms with E-state index in [-0.39, 0.29) is 11.5 Å². The molecule has 0 fully saturated rings. The van der Waals surface area contributed by atoms with E-state index in [1.165, 1.54) is 0 Å². The second-order valence-electron chi connectivity index (χ2n) is 7.76. The Morgan fingerprint density at radius 3 is 1.23 bits per heavy atom. The third-order valence-electron chi connectivity index (χ3n) is 5.94. The third kappa shape index (κ3) is 2.44. The standard InChI is InChI=1S/C28H18O2/c29-21-11-9-19-13-17-5-1-3-7-23(17)27(25(19)15-21)28-24-8-4-2-6-18(24)14-20-10-12-22(30)16-26(20)28/h1-16,29-30H. The Kier molecular flexibility index (Phi) is 3.50. The fourth-order valence-electron chi connectivity index (χ4n) is 4.64. The Labute approximate surface area is 173 Å². The SMILES string of the molecule is Oc1ccc2cc3ccccc3c(-c3c4ccccc4cc4ccc(O)cc34)c2c1. The van der Waals surface area contributed by atoms with E-state index in [2.05, 4.69) is 36.4 Å². The first-order valence-corrected chi connectivity index (χ1v) is 9.98. The lowest BCUT2D eigenvalue weighted by atomic mass is 9.86. The predicted molar refractivity (Wildman–Crippen MR) is 125 cm³/mol. The van der Waals surface area contributed by atoms with Gasteiger partial charge >= 0.3 is 0 Å². The van der Waals surface area contributed by atoms with Crippen molar-refractivity contribution in [1.29, 1.82) is 0 Å². The average molecular weight is 386 g/mol. The van der Waals surface area contributed by atoms with Crippen LogP contribution in [0.25, 0.3) is 54.2 Å². The Morgan fingerprint density at radius 1 is 0.367 bits per heavy atom. The van der Waals surface area contributed by atoms with Crippen LogP contribution in [-0.2, 0) is 0 Å². The van der Waals surface area contributed by atoms with E-state index in [1.807, 2.05) is 48.5 Å². The maximum atomic E-state index is 10.3. The van der Waals surface area contributed by atoms with Gasteiger partial charge in [-0.2, -0.15) is 0 Å². The number of rotatable bonds is 1. The topological polar surface area (TPSA) is 40.5 Å². The highest BCUT2D eigenvalue weighted by Gasteiger charge is 2.16. The lowest BCUT2D eigenvalue weighted by molar-refractivity contribution is 0.475. The van der Waals surface area contributed by atoms with Gasteiger partial charge in [0.1, 0.15) is 11.5 Å². The van der Waals surface area contributed by atoms with Crippen molar-refractivity contribution in [2.45, 2.75) is 0 Å². The second kappa shape index (κ2) is 6.23. The molecule has 0 aliphatic heterocycles. The molecular formula is C28H18O2. The number of benzene rings is 6. The maximum absolute atomic E-state index is 10.3. The second-order valence-corrected chi connectivity index (χ2v) is 7.76. The van der Waals surface area contributed by atoms with E-state index < -0.39 is 0 Å². The van der Waals surface area contributed by atoms with Crippen molar-refractivity contribution >= 4 is 43.1 Å². The van der Waals surface area contributed by atoms with Crippen LogP contribution in [0.2, 0.25) is 0 Å². The van der Waals surface area contributed by atoms with Crippen LogP contribution in [0.15, 0.2) is 97.1 Å². The monoisotopic (exact) mass is 386 g/mol. The van der Waals surface area contributed by atoms with E-state index in [1.54, 1.807) is 12.1 Å². The van der Waals surface area contributed by atoms with Gasteiger partial charge in [0.05, 0.1) is 0 Å². The van der Waals surface area contributed by atoms with Crippen LogP contribution < -0.4 is 0 Å². The molecule has 2 nitrogen and oxygen atoms in total. The minimum Gasteiger partial charge on any atom is -0.508 e. The number of phenolic OH excluding ortho intramolecular Hbond substituents is 2. The Bertz CT molecular complexity index is 1490. The number of fused-ring (bicyclic) bond motifs is 4. The molecule has 6 aromatic carbocycles. The zero-order valence-electron chi connectivity index (χ0n) is 16.1. The van der Waals surface area contributed by atoms with Crippen LogP contribution in [-0.4, -0.2) is 10.2 Å². The summed E-state index contributed by atoms with van der Waals surface area (Å²) in [6.45, 7) is 0. The molecule has 142 valence electrons. The van der Waals surface area contributed by atoms with Crippen LogP contribution in [0.4, 0.5) is 0 Å². The zero-order chi connectivity index (χ0) is 20.2. The molecule has 0 bridgehead atoms. The summed E-state index contributed by atoms with van der Waals surface area (Å²) < 4.78 is 0. The molecule has 6 rings (SSSR count). The summed E-state index contributed by atoms with van der Waals surface area (Å²) in [6, 6.07) is 32.1. The normalized spacial score (nSPS) is 11.6. The van der Waals surface area contributed by atoms with Crippen LogP contribution in [0, 0.1) is 0 Å². The number of hydrogen-bond donors (Lipinski definition) is 2. The van der Waals surface area contributed by atoms with Crippen molar-refractivity contribution in [3.8, 4) is 22.6 Å². The fraction of sp³-hybridized carbons (Fsp3) is 0. The van der Waals surface area contributed by atoms with Gasteiger partial charge in [0, 0.05) is 0 Å². The average Bonchev–Trinajstić information content (AvgIpc) is 2.76. The van der Waals surface area contributed by atoms with Gasteiger partial charge in [-0.3, -0.25) is 0 Å². The van der Waals surface area contributed by atoms with Gasteiger partial charge in [0.2, 0.25) is 0 Å². The third-order valence-corrected chi connectivity index (χ3v) is 5.94. The molecule has 0 unspecified atom stereocenters. The molecule has 0 atom stereocenters. The smallest absolute Gasteiger partial charge is 0.116 e. The van der Waals surface area contributed by atoms with Crippen molar-refractivity contribution < 1.29 is 10.2 Å². The van der Waals surface area contributed by atoms with Crippen LogP contribution >= 0.6 is 0 Å². The van der Waals surface area contributed by atoms with E-state index >= 15 is 0 Å². The molecule has 0 amide bonds. The number of phenols is 2. The van der Waals surface area contributed by atoms with E-state index in [4.69, 9.17) is 0 Å². The molecule has 2 N–H and O–H groups in total. The summed E-state index contributed by atoms with van der Waals surface area (Å²) in [4.78, 5) is 0.